The molecule has 2 spiro atoms. The van der Waals surface area contributed by atoms with E-state index in [9.17, 15) is 0 Å². The molecule has 0 saturated carbocycles. The van der Waals surface area contributed by atoms with Gasteiger partial charge in [0.25, 0.3) is 0 Å². The van der Waals surface area contributed by atoms with Gasteiger partial charge < -0.3 is 0 Å². The molecular weight excluding hydrogens is 811 g/mol. The Balaban J connectivity index is 0.980. The van der Waals surface area contributed by atoms with E-state index in [4.69, 9.17) is 15.0 Å². The van der Waals surface area contributed by atoms with E-state index in [1.807, 2.05) is 36.4 Å². The van der Waals surface area contributed by atoms with E-state index in [2.05, 4.69) is 194 Å². The molecule has 0 radical (unpaired) electrons. The van der Waals surface area contributed by atoms with E-state index in [1.165, 1.54) is 83.5 Å². The second-order valence-electron chi connectivity index (χ2n) is 18.5. The van der Waals surface area contributed by atoms with Gasteiger partial charge in [0, 0.05) is 22.6 Å². The van der Waals surface area contributed by atoms with Gasteiger partial charge >= 0.3 is 0 Å². The lowest BCUT2D eigenvalue weighted by molar-refractivity contribution is 0.626. The van der Waals surface area contributed by atoms with Gasteiger partial charge in [-0.05, 0) is 100 Å². The number of allylic oxidation sites excluding steroid dienone is 6. The van der Waals surface area contributed by atoms with Crippen LogP contribution in [0.15, 0.2) is 242 Å². The van der Waals surface area contributed by atoms with Crippen LogP contribution in [0, 0.1) is 5.92 Å². The summed E-state index contributed by atoms with van der Waals surface area (Å²) in [5.74, 6) is 2.35. The summed E-state index contributed by atoms with van der Waals surface area (Å²) in [6.07, 6.45) is 7.26. The Morgan fingerprint density at radius 2 is 0.791 bits per heavy atom. The second-order valence-corrected chi connectivity index (χ2v) is 18.5. The molecule has 67 heavy (non-hydrogen) atoms. The minimum absolute atomic E-state index is 0.402. The number of fused-ring (bicyclic) bond motifs is 18. The summed E-state index contributed by atoms with van der Waals surface area (Å²) in [7, 11) is 0. The second kappa shape index (κ2) is 13.5. The highest BCUT2D eigenvalue weighted by Crippen LogP contribution is 2.70. The third-order valence-corrected chi connectivity index (χ3v) is 15.3. The lowest BCUT2D eigenvalue weighted by Gasteiger charge is -2.49. The predicted molar refractivity (Wildman–Crippen MR) is 270 cm³/mol. The maximum atomic E-state index is 5.18. The van der Waals surface area contributed by atoms with Gasteiger partial charge in [-0.3, -0.25) is 0 Å². The monoisotopic (exact) mass is 849 g/mol. The summed E-state index contributed by atoms with van der Waals surface area (Å²) in [4.78, 5) is 15.4. The Morgan fingerprint density at radius 3 is 1.43 bits per heavy atom. The van der Waals surface area contributed by atoms with Gasteiger partial charge in [-0.15, -0.1) is 0 Å². The van der Waals surface area contributed by atoms with Crippen LogP contribution in [-0.4, -0.2) is 15.0 Å². The molecule has 0 saturated heterocycles. The molecule has 0 fully saturated rings. The third-order valence-electron chi connectivity index (χ3n) is 15.3. The topological polar surface area (TPSA) is 38.7 Å². The van der Waals surface area contributed by atoms with Crippen molar-refractivity contribution in [3.05, 3.63) is 286 Å². The molecule has 0 amide bonds. The van der Waals surface area contributed by atoms with Crippen molar-refractivity contribution in [2.24, 2.45) is 5.92 Å². The molecule has 5 aliphatic rings. The van der Waals surface area contributed by atoms with Crippen LogP contribution >= 0.6 is 0 Å². The maximum absolute atomic E-state index is 5.18. The Morgan fingerprint density at radius 1 is 0.328 bits per heavy atom. The van der Waals surface area contributed by atoms with Crippen LogP contribution in [0.4, 0.5) is 0 Å². The molecule has 1 heterocycles. The number of hydrogen-bond donors (Lipinski definition) is 0. The van der Waals surface area contributed by atoms with Crippen molar-refractivity contribution >= 4 is 16.3 Å². The van der Waals surface area contributed by atoms with E-state index < -0.39 is 10.8 Å². The summed E-state index contributed by atoms with van der Waals surface area (Å²) < 4.78 is 0. The van der Waals surface area contributed by atoms with E-state index in [0.717, 1.165) is 27.5 Å². The summed E-state index contributed by atoms with van der Waals surface area (Å²) >= 11 is 0. The zero-order valence-electron chi connectivity index (χ0n) is 36.4. The number of aromatic nitrogens is 3. The zero-order chi connectivity index (χ0) is 43.8. The fraction of sp³-hybridized carbons (Fsp3) is 0.0469. The molecule has 3 heteroatoms. The first kappa shape index (κ1) is 36.8. The molecule has 3 nitrogen and oxygen atoms in total. The lowest BCUT2D eigenvalue weighted by Crippen LogP contribution is -2.44. The normalized spacial score (nSPS) is 19.6. The van der Waals surface area contributed by atoms with E-state index >= 15 is 0 Å². The summed E-state index contributed by atoms with van der Waals surface area (Å²) in [5.41, 5.74) is 21.9. The highest BCUT2D eigenvalue weighted by molar-refractivity contribution is 6.08. The summed E-state index contributed by atoms with van der Waals surface area (Å²) in [5, 5.41) is 2.24. The molecule has 15 rings (SSSR count). The molecule has 5 aliphatic carbocycles. The molecule has 0 aliphatic heterocycles. The minimum atomic E-state index is -0.567. The van der Waals surface area contributed by atoms with Gasteiger partial charge in [-0.1, -0.05) is 224 Å². The largest absolute Gasteiger partial charge is 0.208 e. The number of hydrogen-bond acceptors (Lipinski definition) is 3. The molecule has 9 aromatic carbocycles. The van der Waals surface area contributed by atoms with Crippen LogP contribution < -0.4 is 0 Å². The van der Waals surface area contributed by atoms with Crippen molar-refractivity contribution in [2.45, 2.75) is 10.8 Å². The first-order chi connectivity index (χ1) is 33.2. The maximum Gasteiger partial charge on any atom is 0.164 e. The van der Waals surface area contributed by atoms with Crippen molar-refractivity contribution in [2.75, 3.05) is 0 Å². The quantitative estimate of drug-likeness (QED) is 0.177. The van der Waals surface area contributed by atoms with Crippen LogP contribution in [0.1, 0.15) is 44.5 Å². The molecule has 0 N–H and O–H groups in total. The van der Waals surface area contributed by atoms with Gasteiger partial charge in [0.1, 0.15) is 0 Å². The van der Waals surface area contributed by atoms with Crippen LogP contribution in [0.25, 0.3) is 72.8 Å². The van der Waals surface area contributed by atoms with Crippen molar-refractivity contribution in [1.29, 1.82) is 0 Å². The van der Waals surface area contributed by atoms with Gasteiger partial charge in [0.15, 0.2) is 17.5 Å². The van der Waals surface area contributed by atoms with Crippen LogP contribution in [0.5, 0.6) is 0 Å². The Bertz CT molecular complexity index is 3770. The van der Waals surface area contributed by atoms with Crippen LogP contribution in [-0.2, 0) is 10.8 Å². The molecule has 310 valence electrons. The average molecular weight is 850 g/mol. The van der Waals surface area contributed by atoms with Crippen LogP contribution in [0.2, 0.25) is 0 Å². The Labute approximate surface area is 388 Å². The van der Waals surface area contributed by atoms with E-state index in [-0.39, 0.29) is 0 Å². The molecule has 1 aromatic heterocycles. The van der Waals surface area contributed by atoms with Gasteiger partial charge in [-0.2, -0.15) is 0 Å². The summed E-state index contributed by atoms with van der Waals surface area (Å²) in [6, 6.07) is 78.0. The molecular formula is C64H39N3. The average Bonchev–Trinajstić information content (AvgIpc) is 4.06. The minimum Gasteiger partial charge on any atom is -0.208 e. The molecule has 0 bridgehead atoms. The van der Waals surface area contributed by atoms with Crippen molar-refractivity contribution in [3.8, 4) is 56.4 Å². The van der Waals surface area contributed by atoms with E-state index in [0.29, 0.717) is 23.4 Å². The predicted octanol–water partition coefficient (Wildman–Crippen LogP) is 14.6. The van der Waals surface area contributed by atoms with Crippen molar-refractivity contribution in [1.82, 2.24) is 15.0 Å². The van der Waals surface area contributed by atoms with Gasteiger partial charge in [-0.25, -0.2) is 15.0 Å². The highest BCUT2D eigenvalue weighted by atomic mass is 15.0. The highest BCUT2D eigenvalue weighted by Gasteiger charge is 2.61. The van der Waals surface area contributed by atoms with Gasteiger partial charge in [0.05, 0.1) is 10.8 Å². The molecule has 10 aromatic rings. The summed E-state index contributed by atoms with van der Waals surface area (Å²) in [6.45, 7) is 0. The smallest absolute Gasteiger partial charge is 0.164 e. The van der Waals surface area contributed by atoms with Crippen molar-refractivity contribution < 1.29 is 0 Å². The standard InChI is InChI=1S/C64H39N3/c1-3-18-39(19-4-1)60-65-61(40-20-5-2-6-21-40)67-62(66-60)48-37-36-44(42-22-7-8-23-43(42)48)46-26-17-33-57-58(46)49-25-10-12-28-52(49)63(57)53-29-13-15-31-55(53)64(56-32-16-14-30-54(56)63)51-27-11-9-24-45(51)47-35-34-41-38-50(41)59(47)64/h1-38,41H/t41-,63?,64?/m1/s1. The fourth-order valence-corrected chi connectivity index (χ4v) is 12.7. The number of nitrogens with zero attached hydrogens (tertiary/aromatic N) is 3. The number of rotatable bonds is 4. The number of benzene rings is 9. The first-order valence-corrected chi connectivity index (χ1v) is 23.3. The lowest BCUT2D eigenvalue weighted by atomic mass is 9.51. The molecule has 1 atom stereocenters. The fourth-order valence-electron chi connectivity index (χ4n) is 12.7. The molecule has 0 unspecified atom stereocenters. The first-order valence-electron chi connectivity index (χ1n) is 23.3. The third kappa shape index (κ3) is 4.77. The zero-order valence-corrected chi connectivity index (χ0v) is 36.4. The van der Waals surface area contributed by atoms with Crippen LogP contribution in [0.3, 0.4) is 0 Å². The Kier molecular flexibility index (Phi) is 7.41. The SMILES string of the molecule is C1=C[C@@H]2C=C2C2=C1c1ccccc1C21c2ccccc2C2(c3ccccc3-c3c(-c4ccc(-c5nc(-c6ccccc6)nc(-c6ccccc6)n5)c5ccccc45)cccc32)c2ccccc21. The van der Waals surface area contributed by atoms with Crippen molar-refractivity contribution in [3.63, 3.8) is 0 Å². The Hall–Kier alpha value is -8.53. The van der Waals surface area contributed by atoms with E-state index in [1.54, 1.807) is 0 Å². The van der Waals surface area contributed by atoms with Gasteiger partial charge in [0.2, 0.25) is 0 Å².